The molecule has 206 valence electrons. The van der Waals surface area contributed by atoms with Crippen LogP contribution in [0.15, 0.2) is 0 Å². The molecule has 0 radical (unpaired) electrons. The molecule has 36 heavy (non-hydrogen) atoms. The lowest BCUT2D eigenvalue weighted by Crippen LogP contribution is -2.25. The minimum atomic E-state index is 0.121. The second-order valence-electron chi connectivity index (χ2n) is 11.4. The SMILES string of the molecule is CC(C)CCC[C@@H](C)CCNC(=O)CCCC#CC#CCCCC(=O)NCC[C@H](C)CCCC(C)C. The summed E-state index contributed by atoms with van der Waals surface area (Å²) in [5, 5.41) is 6.06. The normalized spacial score (nSPS) is 12.3. The van der Waals surface area contributed by atoms with E-state index in [0.29, 0.717) is 37.5 Å². The van der Waals surface area contributed by atoms with Crippen molar-refractivity contribution in [2.75, 3.05) is 13.1 Å². The van der Waals surface area contributed by atoms with Crippen molar-refractivity contribution in [2.24, 2.45) is 23.7 Å². The fourth-order valence-corrected chi connectivity index (χ4v) is 4.02. The maximum Gasteiger partial charge on any atom is 0.220 e. The van der Waals surface area contributed by atoms with Crippen LogP contribution in [-0.2, 0) is 9.59 Å². The summed E-state index contributed by atoms with van der Waals surface area (Å²) < 4.78 is 0. The number of rotatable bonds is 20. The molecule has 0 aliphatic rings. The number of nitrogens with one attached hydrogen (secondary N) is 2. The number of amides is 2. The molecule has 2 N–H and O–H groups in total. The van der Waals surface area contributed by atoms with Gasteiger partial charge in [-0.3, -0.25) is 9.59 Å². The standard InChI is InChI=1S/C32H56N2O2/c1-27(2)17-15-19-29(5)23-25-33-31(35)21-13-11-9-7-8-10-12-14-22-32(36)34-26-24-30(6)20-16-18-28(3)4/h27-30H,11-26H2,1-6H3,(H,33,35)(H,34,36)/t29-,30-/m1/s1. The quantitative estimate of drug-likeness (QED) is 0.136. The summed E-state index contributed by atoms with van der Waals surface area (Å²) in [7, 11) is 0. The molecule has 0 heterocycles. The number of unbranched alkanes of at least 4 members (excludes halogenated alkanes) is 2. The van der Waals surface area contributed by atoms with Gasteiger partial charge in [0.15, 0.2) is 0 Å². The third-order valence-electron chi connectivity index (χ3n) is 6.53. The topological polar surface area (TPSA) is 58.2 Å². The first-order valence-electron chi connectivity index (χ1n) is 14.7. The van der Waals surface area contributed by atoms with E-state index in [9.17, 15) is 9.59 Å². The fraction of sp³-hybridized carbons (Fsp3) is 0.812. The molecule has 0 spiro atoms. The van der Waals surface area contributed by atoms with Crippen molar-refractivity contribution in [3.05, 3.63) is 0 Å². The highest BCUT2D eigenvalue weighted by atomic mass is 16.2. The second kappa shape index (κ2) is 23.5. The first-order valence-corrected chi connectivity index (χ1v) is 14.7. The predicted octanol–water partition coefficient (Wildman–Crippen LogP) is 7.27. The van der Waals surface area contributed by atoms with Gasteiger partial charge in [0.2, 0.25) is 11.8 Å². The van der Waals surface area contributed by atoms with Gasteiger partial charge < -0.3 is 10.6 Å². The monoisotopic (exact) mass is 500 g/mol. The van der Waals surface area contributed by atoms with Gasteiger partial charge in [0.05, 0.1) is 0 Å². The summed E-state index contributed by atoms with van der Waals surface area (Å²) >= 11 is 0. The van der Waals surface area contributed by atoms with Crippen LogP contribution in [0.1, 0.15) is 131 Å². The van der Waals surface area contributed by atoms with Gasteiger partial charge in [-0.2, -0.15) is 0 Å². The predicted molar refractivity (Wildman–Crippen MR) is 154 cm³/mol. The molecular formula is C32H56N2O2. The molecule has 0 saturated carbocycles. The van der Waals surface area contributed by atoms with Crippen LogP contribution in [0.3, 0.4) is 0 Å². The average Bonchev–Trinajstić information content (AvgIpc) is 2.79. The maximum absolute atomic E-state index is 11.9. The average molecular weight is 501 g/mol. The lowest BCUT2D eigenvalue weighted by Gasteiger charge is -2.12. The smallest absolute Gasteiger partial charge is 0.220 e. The molecule has 0 aliphatic carbocycles. The van der Waals surface area contributed by atoms with Crippen molar-refractivity contribution < 1.29 is 9.59 Å². The largest absolute Gasteiger partial charge is 0.356 e. The number of carbonyl (C=O) groups is 2. The molecular weight excluding hydrogens is 444 g/mol. The summed E-state index contributed by atoms with van der Waals surface area (Å²) in [6.45, 7) is 15.2. The Kier molecular flexibility index (Phi) is 22.2. The zero-order valence-corrected chi connectivity index (χ0v) is 24.4. The Balaban J connectivity index is 3.67. The first-order chi connectivity index (χ1) is 17.2. The van der Waals surface area contributed by atoms with E-state index in [1.165, 1.54) is 38.5 Å². The highest BCUT2D eigenvalue weighted by Crippen LogP contribution is 2.15. The molecule has 0 aromatic carbocycles. The van der Waals surface area contributed by atoms with Gasteiger partial charge in [-0.15, -0.1) is 0 Å². The molecule has 4 nitrogen and oxygen atoms in total. The van der Waals surface area contributed by atoms with E-state index in [-0.39, 0.29) is 11.8 Å². The van der Waals surface area contributed by atoms with E-state index < -0.39 is 0 Å². The summed E-state index contributed by atoms with van der Waals surface area (Å²) in [6, 6.07) is 0. The molecule has 2 amide bonds. The van der Waals surface area contributed by atoms with E-state index in [0.717, 1.165) is 50.6 Å². The number of hydrogen-bond acceptors (Lipinski definition) is 2. The fourth-order valence-electron chi connectivity index (χ4n) is 4.02. The molecule has 0 aromatic heterocycles. The van der Waals surface area contributed by atoms with Gasteiger partial charge >= 0.3 is 0 Å². The number of hydrogen-bond donors (Lipinski definition) is 2. The summed E-state index contributed by atoms with van der Waals surface area (Å²) in [6.07, 6.45) is 13.7. The minimum absolute atomic E-state index is 0.121. The van der Waals surface area contributed by atoms with Crippen LogP contribution in [0.2, 0.25) is 0 Å². The van der Waals surface area contributed by atoms with Gasteiger partial charge in [-0.25, -0.2) is 0 Å². The van der Waals surface area contributed by atoms with E-state index >= 15 is 0 Å². The summed E-state index contributed by atoms with van der Waals surface area (Å²) in [4.78, 5) is 23.9. The Morgan fingerprint density at radius 1 is 0.556 bits per heavy atom. The van der Waals surface area contributed by atoms with Gasteiger partial charge in [-0.1, -0.05) is 91.9 Å². The van der Waals surface area contributed by atoms with Crippen LogP contribution in [0, 0.1) is 47.4 Å². The highest BCUT2D eigenvalue weighted by Gasteiger charge is 2.06. The third kappa shape index (κ3) is 25.2. The summed E-state index contributed by atoms with van der Waals surface area (Å²) in [5.41, 5.74) is 0. The van der Waals surface area contributed by atoms with E-state index in [1.807, 2.05) is 0 Å². The lowest BCUT2D eigenvalue weighted by atomic mass is 9.97. The van der Waals surface area contributed by atoms with Crippen molar-refractivity contribution in [1.29, 1.82) is 0 Å². The van der Waals surface area contributed by atoms with E-state index in [4.69, 9.17) is 0 Å². The van der Waals surface area contributed by atoms with Crippen LogP contribution in [0.25, 0.3) is 0 Å². The van der Waals surface area contributed by atoms with E-state index in [1.54, 1.807) is 0 Å². The molecule has 0 aromatic rings. The van der Waals surface area contributed by atoms with Gasteiger partial charge in [0.1, 0.15) is 0 Å². The Hall–Kier alpha value is -1.94. The van der Waals surface area contributed by atoms with Crippen molar-refractivity contribution in [3.63, 3.8) is 0 Å². The van der Waals surface area contributed by atoms with Crippen LogP contribution in [0.4, 0.5) is 0 Å². The molecule has 0 bridgehead atoms. The molecule has 0 unspecified atom stereocenters. The second-order valence-corrected chi connectivity index (χ2v) is 11.4. The van der Waals surface area contributed by atoms with Crippen LogP contribution in [0.5, 0.6) is 0 Å². The van der Waals surface area contributed by atoms with Crippen molar-refractivity contribution in [1.82, 2.24) is 10.6 Å². The van der Waals surface area contributed by atoms with E-state index in [2.05, 4.69) is 75.9 Å². The molecule has 4 heteroatoms. The van der Waals surface area contributed by atoms with Crippen molar-refractivity contribution in [3.8, 4) is 23.7 Å². The van der Waals surface area contributed by atoms with Gasteiger partial charge in [0, 0.05) is 38.8 Å². The lowest BCUT2D eigenvalue weighted by molar-refractivity contribution is -0.122. The van der Waals surface area contributed by atoms with Crippen LogP contribution < -0.4 is 10.6 Å². The maximum atomic E-state index is 11.9. The molecule has 0 saturated heterocycles. The Bertz CT molecular complexity index is 630. The Labute approximate surface area is 223 Å². The van der Waals surface area contributed by atoms with Gasteiger partial charge in [0.25, 0.3) is 0 Å². The first kappa shape index (κ1) is 34.1. The van der Waals surface area contributed by atoms with Crippen molar-refractivity contribution in [2.45, 2.75) is 131 Å². The van der Waals surface area contributed by atoms with Crippen LogP contribution in [-0.4, -0.2) is 24.9 Å². The zero-order chi connectivity index (χ0) is 27.0. The van der Waals surface area contributed by atoms with Crippen LogP contribution >= 0.6 is 0 Å². The summed E-state index contributed by atoms with van der Waals surface area (Å²) in [5.74, 6) is 14.9. The highest BCUT2D eigenvalue weighted by molar-refractivity contribution is 5.76. The van der Waals surface area contributed by atoms with Crippen molar-refractivity contribution >= 4 is 11.8 Å². The minimum Gasteiger partial charge on any atom is -0.356 e. The molecule has 2 atom stereocenters. The zero-order valence-electron chi connectivity index (χ0n) is 24.4. The molecule has 0 rings (SSSR count). The van der Waals surface area contributed by atoms with Gasteiger partial charge in [-0.05, 0) is 61.2 Å². The Morgan fingerprint density at radius 2 is 0.944 bits per heavy atom. The number of carbonyl (C=O) groups excluding carboxylic acids is 2. The molecule has 0 fully saturated rings. The third-order valence-corrected chi connectivity index (χ3v) is 6.53. The Morgan fingerprint density at radius 3 is 1.31 bits per heavy atom. The molecule has 0 aliphatic heterocycles.